The summed E-state index contributed by atoms with van der Waals surface area (Å²) in [7, 11) is 0. The molecule has 1 heterocycles. The van der Waals surface area contributed by atoms with E-state index < -0.39 is 0 Å². The second-order valence-electron chi connectivity index (χ2n) is 5.48. The van der Waals surface area contributed by atoms with Crippen LogP contribution >= 0.6 is 23.2 Å². The molecular weight excluding hydrogens is 337 g/mol. The lowest BCUT2D eigenvalue weighted by molar-refractivity contribution is 0.174. The third-order valence-corrected chi connectivity index (χ3v) is 3.84. The quantitative estimate of drug-likeness (QED) is 0.809. The molecule has 1 N–H and O–H groups in total. The summed E-state index contributed by atoms with van der Waals surface area (Å²) in [6, 6.07) is 9.43. The van der Waals surface area contributed by atoms with E-state index in [0.29, 0.717) is 22.3 Å². The van der Waals surface area contributed by atoms with E-state index in [4.69, 9.17) is 37.4 Å². The van der Waals surface area contributed by atoms with Gasteiger partial charge in [0.05, 0.1) is 16.1 Å². The van der Waals surface area contributed by atoms with Crippen molar-refractivity contribution in [2.24, 2.45) is 0 Å². The summed E-state index contributed by atoms with van der Waals surface area (Å²) in [5.74, 6) is 2.03. The Morgan fingerprint density at radius 3 is 2.48 bits per heavy atom. The second kappa shape index (κ2) is 6.77. The minimum atomic E-state index is 0.0163. The van der Waals surface area contributed by atoms with Crippen LogP contribution < -0.4 is 19.5 Å². The molecule has 0 bridgehead atoms. The Balaban J connectivity index is 1.71. The average Bonchev–Trinajstić information content (AvgIpc) is 2.96. The van der Waals surface area contributed by atoms with E-state index in [1.54, 1.807) is 0 Å². The molecule has 0 atom stereocenters. The van der Waals surface area contributed by atoms with Crippen molar-refractivity contribution >= 4 is 28.9 Å². The molecule has 0 radical (unpaired) electrons. The van der Waals surface area contributed by atoms with Crippen LogP contribution in [-0.4, -0.2) is 12.9 Å². The van der Waals surface area contributed by atoms with E-state index in [1.807, 2.05) is 44.2 Å². The minimum absolute atomic E-state index is 0.0163. The Labute approximate surface area is 145 Å². The zero-order valence-corrected chi connectivity index (χ0v) is 14.4. The fourth-order valence-corrected chi connectivity index (χ4v) is 2.89. The fraction of sp³-hybridized carbons (Fsp3) is 0.294. The number of halogens is 2. The monoisotopic (exact) mass is 353 g/mol. The first-order valence-corrected chi connectivity index (χ1v) is 8.06. The predicted molar refractivity (Wildman–Crippen MR) is 92.1 cm³/mol. The van der Waals surface area contributed by atoms with Crippen molar-refractivity contribution in [2.75, 3.05) is 12.1 Å². The number of fused-ring (bicyclic) bond motifs is 1. The standard InChI is InChI=1S/C17H17Cl2NO3/c1-10(2)23-17-13(18)5-11(6-14(17)19)8-20-12-3-4-15-16(7-12)22-9-21-15/h3-7,10,20H,8-9H2,1-2H3. The van der Waals surface area contributed by atoms with Crippen LogP contribution in [0.1, 0.15) is 19.4 Å². The number of anilines is 1. The number of hydrogen-bond donors (Lipinski definition) is 1. The van der Waals surface area contributed by atoms with Gasteiger partial charge in [0, 0.05) is 18.3 Å². The van der Waals surface area contributed by atoms with Crippen molar-refractivity contribution in [2.45, 2.75) is 26.5 Å². The summed E-state index contributed by atoms with van der Waals surface area (Å²) in [6.45, 7) is 4.71. The smallest absolute Gasteiger partial charge is 0.231 e. The first-order chi connectivity index (χ1) is 11.0. The van der Waals surface area contributed by atoms with Crippen LogP contribution in [0.25, 0.3) is 0 Å². The summed E-state index contributed by atoms with van der Waals surface area (Å²) in [5.41, 5.74) is 1.90. The lowest BCUT2D eigenvalue weighted by Crippen LogP contribution is -2.07. The van der Waals surface area contributed by atoms with Gasteiger partial charge < -0.3 is 19.5 Å². The van der Waals surface area contributed by atoms with Crippen LogP contribution in [0.3, 0.4) is 0 Å². The summed E-state index contributed by atoms with van der Waals surface area (Å²) in [6.07, 6.45) is 0.0163. The van der Waals surface area contributed by atoms with Gasteiger partial charge in [-0.25, -0.2) is 0 Å². The molecule has 3 rings (SSSR count). The molecule has 0 unspecified atom stereocenters. The summed E-state index contributed by atoms with van der Waals surface area (Å²) in [5, 5.41) is 4.33. The molecule has 0 fully saturated rings. The van der Waals surface area contributed by atoms with Crippen molar-refractivity contribution < 1.29 is 14.2 Å². The molecule has 6 heteroatoms. The van der Waals surface area contributed by atoms with Crippen molar-refractivity contribution in [1.82, 2.24) is 0 Å². The minimum Gasteiger partial charge on any atom is -0.488 e. The maximum atomic E-state index is 6.26. The van der Waals surface area contributed by atoms with Crippen molar-refractivity contribution in [3.63, 3.8) is 0 Å². The third-order valence-electron chi connectivity index (χ3n) is 3.28. The van der Waals surface area contributed by atoms with E-state index in [9.17, 15) is 0 Å². The Bertz CT molecular complexity index is 696. The molecule has 0 aromatic heterocycles. The molecule has 4 nitrogen and oxygen atoms in total. The lowest BCUT2D eigenvalue weighted by Gasteiger charge is -2.15. The van der Waals surface area contributed by atoms with Gasteiger partial charge in [-0.1, -0.05) is 23.2 Å². The molecule has 1 aliphatic heterocycles. The molecule has 0 spiro atoms. The lowest BCUT2D eigenvalue weighted by atomic mass is 10.2. The van der Waals surface area contributed by atoms with Crippen LogP contribution in [0.5, 0.6) is 17.2 Å². The Kier molecular flexibility index (Phi) is 4.74. The highest BCUT2D eigenvalue weighted by Crippen LogP contribution is 2.36. The van der Waals surface area contributed by atoms with Gasteiger partial charge in [0.15, 0.2) is 17.2 Å². The van der Waals surface area contributed by atoms with E-state index in [0.717, 1.165) is 22.7 Å². The van der Waals surface area contributed by atoms with E-state index in [2.05, 4.69) is 5.32 Å². The molecule has 1 aliphatic rings. The summed E-state index contributed by atoms with van der Waals surface area (Å²) >= 11 is 12.5. The van der Waals surface area contributed by atoms with Crippen LogP contribution in [0.15, 0.2) is 30.3 Å². The molecule has 2 aromatic rings. The zero-order chi connectivity index (χ0) is 16.4. The molecule has 0 aliphatic carbocycles. The number of ether oxygens (including phenoxy) is 3. The van der Waals surface area contributed by atoms with Gasteiger partial charge in [-0.05, 0) is 43.7 Å². The first kappa shape index (κ1) is 16.1. The summed E-state index contributed by atoms with van der Waals surface area (Å²) in [4.78, 5) is 0. The van der Waals surface area contributed by atoms with Crippen molar-refractivity contribution in [3.8, 4) is 17.2 Å². The van der Waals surface area contributed by atoms with Crippen LogP contribution in [0.4, 0.5) is 5.69 Å². The highest BCUT2D eigenvalue weighted by Gasteiger charge is 2.14. The highest BCUT2D eigenvalue weighted by atomic mass is 35.5. The molecule has 2 aromatic carbocycles. The topological polar surface area (TPSA) is 39.7 Å². The van der Waals surface area contributed by atoms with Crippen LogP contribution in [0.2, 0.25) is 10.0 Å². The summed E-state index contributed by atoms with van der Waals surface area (Å²) < 4.78 is 16.3. The fourth-order valence-electron chi connectivity index (χ4n) is 2.27. The van der Waals surface area contributed by atoms with Gasteiger partial charge in [-0.2, -0.15) is 0 Å². The van der Waals surface area contributed by atoms with Gasteiger partial charge in [-0.3, -0.25) is 0 Å². The van der Waals surface area contributed by atoms with Crippen molar-refractivity contribution in [1.29, 1.82) is 0 Å². The van der Waals surface area contributed by atoms with Gasteiger partial charge in [0.25, 0.3) is 0 Å². The van der Waals surface area contributed by atoms with Crippen molar-refractivity contribution in [3.05, 3.63) is 45.9 Å². The van der Waals surface area contributed by atoms with Gasteiger partial charge in [0.2, 0.25) is 6.79 Å². The van der Waals surface area contributed by atoms with E-state index in [1.165, 1.54) is 0 Å². The maximum absolute atomic E-state index is 6.26. The molecular formula is C17H17Cl2NO3. The SMILES string of the molecule is CC(C)Oc1c(Cl)cc(CNc2ccc3c(c2)OCO3)cc1Cl. The van der Waals surface area contributed by atoms with E-state index >= 15 is 0 Å². The van der Waals surface area contributed by atoms with Crippen LogP contribution in [0, 0.1) is 0 Å². The molecule has 0 saturated carbocycles. The van der Waals surface area contributed by atoms with Gasteiger partial charge >= 0.3 is 0 Å². The average molecular weight is 354 g/mol. The van der Waals surface area contributed by atoms with Gasteiger partial charge in [0.1, 0.15) is 0 Å². The normalized spacial score (nSPS) is 12.6. The predicted octanol–water partition coefficient (Wildman–Crippen LogP) is 5.12. The molecule has 0 amide bonds. The van der Waals surface area contributed by atoms with Crippen LogP contribution in [-0.2, 0) is 6.54 Å². The number of hydrogen-bond acceptors (Lipinski definition) is 4. The second-order valence-corrected chi connectivity index (χ2v) is 6.29. The highest BCUT2D eigenvalue weighted by molar-refractivity contribution is 6.37. The number of nitrogens with one attached hydrogen (secondary N) is 1. The molecule has 122 valence electrons. The molecule has 23 heavy (non-hydrogen) atoms. The largest absolute Gasteiger partial charge is 0.488 e. The van der Waals surface area contributed by atoms with Gasteiger partial charge in [-0.15, -0.1) is 0 Å². The first-order valence-electron chi connectivity index (χ1n) is 7.31. The Morgan fingerprint density at radius 1 is 1.09 bits per heavy atom. The van der Waals surface area contributed by atoms with E-state index in [-0.39, 0.29) is 12.9 Å². The zero-order valence-electron chi connectivity index (χ0n) is 12.9. The Hall–Kier alpha value is -1.78. The Morgan fingerprint density at radius 2 is 1.78 bits per heavy atom. The molecule has 0 saturated heterocycles. The number of rotatable bonds is 5. The third kappa shape index (κ3) is 3.77. The number of benzene rings is 2. The maximum Gasteiger partial charge on any atom is 0.231 e.